The van der Waals surface area contributed by atoms with E-state index < -0.39 is 0 Å². The summed E-state index contributed by atoms with van der Waals surface area (Å²) < 4.78 is 6.96. The summed E-state index contributed by atoms with van der Waals surface area (Å²) in [5, 5.41) is 4.85. The van der Waals surface area contributed by atoms with Crippen molar-refractivity contribution in [2.24, 2.45) is 0 Å². The molecule has 1 aromatic heterocycles. The molecule has 2 nitrogen and oxygen atoms in total. The molecule has 1 heterocycles. The van der Waals surface area contributed by atoms with Crippen LogP contribution in [0.15, 0.2) is 180 Å². The van der Waals surface area contributed by atoms with Crippen LogP contribution >= 0.6 is 0 Å². The van der Waals surface area contributed by atoms with E-state index in [0.717, 1.165) is 33.6 Å². The van der Waals surface area contributed by atoms with Crippen molar-refractivity contribution in [2.45, 2.75) is 19.3 Å². The van der Waals surface area contributed by atoms with Crippen molar-refractivity contribution in [1.82, 2.24) is 0 Å². The van der Waals surface area contributed by atoms with Gasteiger partial charge in [-0.2, -0.15) is 0 Å². The lowest BCUT2D eigenvalue weighted by Crippen LogP contribution is -2.16. The third kappa shape index (κ3) is 4.57. The van der Waals surface area contributed by atoms with Crippen molar-refractivity contribution in [3.05, 3.63) is 187 Å². The average molecular weight is 654 g/mol. The van der Waals surface area contributed by atoms with Crippen molar-refractivity contribution in [2.75, 3.05) is 4.90 Å². The summed E-state index contributed by atoms with van der Waals surface area (Å²) in [5.74, 6) is 0. The maximum atomic E-state index is 6.96. The second-order valence-electron chi connectivity index (χ2n) is 14.1. The van der Waals surface area contributed by atoms with Gasteiger partial charge in [0.1, 0.15) is 11.2 Å². The fourth-order valence-corrected chi connectivity index (χ4v) is 8.44. The predicted octanol–water partition coefficient (Wildman–Crippen LogP) is 13.8. The number of fused-ring (bicyclic) bond motifs is 10. The van der Waals surface area contributed by atoms with Crippen LogP contribution in [0.2, 0.25) is 0 Å². The van der Waals surface area contributed by atoms with Crippen LogP contribution in [0.4, 0.5) is 17.1 Å². The first kappa shape index (κ1) is 29.5. The summed E-state index contributed by atoms with van der Waals surface area (Å²) in [6.07, 6.45) is 0. The lowest BCUT2D eigenvalue weighted by Gasteiger charge is -2.27. The molecule has 0 amide bonds. The molecule has 10 rings (SSSR count). The van der Waals surface area contributed by atoms with Crippen LogP contribution in [0.3, 0.4) is 0 Å². The van der Waals surface area contributed by atoms with E-state index in [1.807, 2.05) is 0 Å². The van der Waals surface area contributed by atoms with Gasteiger partial charge in [0.25, 0.3) is 0 Å². The van der Waals surface area contributed by atoms with Gasteiger partial charge in [0.15, 0.2) is 0 Å². The molecule has 1 aliphatic carbocycles. The highest BCUT2D eigenvalue weighted by atomic mass is 16.3. The molecular weight excluding hydrogens is 619 g/mol. The minimum absolute atomic E-state index is 0.222. The Morgan fingerprint density at radius 2 is 1.00 bits per heavy atom. The minimum atomic E-state index is -0.222. The lowest BCUT2D eigenvalue weighted by atomic mass is 9.79. The molecule has 0 fully saturated rings. The molecule has 51 heavy (non-hydrogen) atoms. The Labute approximate surface area is 297 Å². The van der Waals surface area contributed by atoms with Gasteiger partial charge < -0.3 is 9.32 Å². The molecule has 0 unspecified atom stereocenters. The summed E-state index contributed by atoms with van der Waals surface area (Å²) in [7, 11) is 0. The Bertz CT molecular complexity index is 2740. The van der Waals surface area contributed by atoms with Crippen molar-refractivity contribution in [1.29, 1.82) is 0 Å². The summed E-state index contributed by atoms with van der Waals surface area (Å²) in [4.78, 5) is 2.36. The minimum Gasteiger partial charge on any atom is -0.455 e. The van der Waals surface area contributed by atoms with E-state index in [-0.39, 0.29) is 5.41 Å². The molecule has 9 aromatic rings. The van der Waals surface area contributed by atoms with Crippen molar-refractivity contribution >= 4 is 49.8 Å². The predicted molar refractivity (Wildman–Crippen MR) is 214 cm³/mol. The number of para-hydroxylation sites is 1. The highest BCUT2D eigenvalue weighted by Gasteiger charge is 2.40. The van der Waals surface area contributed by atoms with Gasteiger partial charge in [-0.3, -0.25) is 0 Å². The third-order valence-electron chi connectivity index (χ3n) is 10.8. The number of rotatable bonds is 5. The molecule has 0 atom stereocenters. The molecule has 0 bridgehead atoms. The standard InChI is InChI=1S/C49H35NO/c1-49(2)43-28-27-38(50(36-18-10-5-11-19-36)37-25-22-34(23-26-37)32-14-6-3-7-15-32)31-41(43)46-47(49)40-21-13-12-20-39(40)45-42-30-35(33-16-8-4-9-17-33)24-29-44(42)51-48(45)46/h3-31H,1-2H3. The molecule has 1 aliphatic rings. The van der Waals surface area contributed by atoms with Crippen LogP contribution in [0.1, 0.15) is 25.0 Å². The number of hydrogen-bond acceptors (Lipinski definition) is 2. The maximum Gasteiger partial charge on any atom is 0.144 e. The quantitative estimate of drug-likeness (QED) is 0.184. The van der Waals surface area contributed by atoms with Gasteiger partial charge in [-0.25, -0.2) is 0 Å². The Balaban J connectivity index is 1.21. The number of hydrogen-bond donors (Lipinski definition) is 0. The van der Waals surface area contributed by atoms with E-state index in [2.05, 4.69) is 195 Å². The largest absolute Gasteiger partial charge is 0.455 e. The fraction of sp³-hybridized carbons (Fsp3) is 0.0612. The lowest BCUT2D eigenvalue weighted by molar-refractivity contribution is 0.658. The molecular formula is C49H35NO. The highest BCUT2D eigenvalue weighted by Crippen LogP contribution is 2.57. The Morgan fingerprint density at radius 1 is 0.451 bits per heavy atom. The SMILES string of the molecule is CC1(C)c2ccc(N(c3ccccc3)c3ccc(-c4ccccc4)cc3)cc2-c2c1c1ccccc1c1c2oc2ccc(-c3ccccc3)cc21. The first-order chi connectivity index (χ1) is 25.1. The van der Waals surface area contributed by atoms with E-state index in [4.69, 9.17) is 4.42 Å². The van der Waals surface area contributed by atoms with E-state index in [0.29, 0.717) is 0 Å². The summed E-state index contributed by atoms with van der Waals surface area (Å²) in [5.41, 5.74) is 14.9. The number of benzene rings is 8. The smallest absolute Gasteiger partial charge is 0.144 e. The zero-order chi connectivity index (χ0) is 34.1. The first-order valence-corrected chi connectivity index (χ1v) is 17.7. The van der Waals surface area contributed by atoms with Crippen molar-refractivity contribution < 1.29 is 4.42 Å². The first-order valence-electron chi connectivity index (χ1n) is 17.7. The fourth-order valence-electron chi connectivity index (χ4n) is 8.44. The van der Waals surface area contributed by atoms with E-state index in [9.17, 15) is 0 Å². The monoisotopic (exact) mass is 653 g/mol. The molecule has 2 heteroatoms. The van der Waals surface area contributed by atoms with E-state index >= 15 is 0 Å². The second kappa shape index (κ2) is 11.3. The van der Waals surface area contributed by atoms with Crippen LogP contribution in [-0.2, 0) is 5.41 Å². The van der Waals surface area contributed by atoms with Gasteiger partial charge in [0, 0.05) is 38.8 Å². The van der Waals surface area contributed by atoms with Gasteiger partial charge in [-0.15, -0.1) is 0 Å². The number of anilines is 3. The molecule has 0 aliphatic heterocycles. The van der Waals surface area contributed by atoms with Gasteiger partial charge in [-0.05, 0) is 98.2 Å². The number of furan rings is 1. The van der Waals surface area contributed by atoms with Crippen LogP contribution < -0.4 is 4.90 Å². The molecule has 0 spiro atoms. The molecule has 0 radical (unpaired) electrons. The normalized spacial score (nSPS) is 13.1. The van der Waals surface area contributed by atoms with E-state index in [1.165, 1.54) is 60.7 Å². The topological polar surface area (TPSA) is 16.4 Å². The van der Waals surface area contributed by atoms with Crippen LogP contribution in [-0.4, -0.2) is 0 Å². The molecule has 8 aromatic carbocycles. The molecule has 242 valence electrons. The Morgan fingerprint density at radius 3 is 1.71 bits per heavy atom. The van der Waals surface area contributed by atoms with Crippen LogP contribution in [0, 0.1) is 0 Å². The second-order valence-corrected chi connectivity index (χ2v) is 14.1. The van der Waals surface area contributed by atoms with Gasteiger partial charge in [0.05, 0.1) is 0 Å². The summed E-state index contributed by atoms with van der Waals surface area (Å²) >= 11 is 0. The van der Waals surface area contributed by atoms with Crippen molar-refractivity contribution in [3.8, 4) is 33.4 Å². The maximum absolute atomic E-state index is 6.96. The Hall–Kier alpha value is -6.38. The zero-order valence-corrected chi connectivity index (χ0v) is 28.6. The van der Waals surface area contributed by atoms with E-state index in [1.54, 1.807) is 0 Å². The van der Waals surface area contributed by atoms with Gasteiger partial charge >= 0.3 is 0 Å². The van der Waals surface area contributed by atoms with Crippen LogP contribution in [0.25, 0.3) is 66.1 Å². The molecule has 0 saturated heterocycles. The summed E-state index contributed by atoms with van der Waals surface area (Å²) in [6.45, 7) is 4.73. The Kier molecular flexibility index (Phi) is 6.56. The van der Waals surface area contributed by atoms with Gasteiger partial charge in [-0.1, -0.05) is 141 Å². The average Bonchev–Trinajstić information content (AvgIpc) is 3.68. The summed E-state index contributed by atoms with van der Waals surface area (Å²) in [6, 6.07) is 63.3. The third-order valence-corrected chi connectivity index (χ3v) is 10.8. The number of nitrogens with zero attached hydrogens (tertiary/aromatic N) is 1. The van der Waals surface area contributed by atoms with Gasteiger partial charge in [0.2, 0.25) is 0 Å². The zero-order valence-electron chi connectivity index (χ0n) is 28.6. The van der Waals surface area contributed by atoms with Crippen molar-refractivity contribution in [3.63, 3.8) is 0 Å². The molecule has 0 saturated carbocycles. The van der Waals surface area contributed by atoms with Crippen LogP contribution in [0.5, 0.6) is 0 Å². The molecule has 0 N–H and O–H groups in total. The highest BCUT2D eigenvalue weighted by molar-refractivity contribution is 6.25.